The molecule has 2 saturated heterocycles. The molecule has 3 fully saturated rings. The van der Waals surface area contributed by atoms with Crippen LogP contribution in [0.15, 0.2) is 24.3 Å². The lowest BCUT2D eigenvalue weighted by Gasteiger charge is -2.53. The normalized spacial score (nSPS) is 33.3. The minimum atomic E-state index is -0.740. The molecule has 19 heavy (non-hydrogen) atoms. The van der Waals surface area contributed by atoms with Gasteiger partial charge >= 0.3 is 5.97 Å². The number of aromatic hydroxyl groups is 1. The molecule has 0 aromatic heterocycles. The number of hydrogen-bond donors (Lipinski definition) is 2. The molecule has 2 N–H and O–H groups in total. The highest BCUT2D eigenvalue weighted by Gasteiger charge is 2.51. The summed E-state index contributed by atoms with van der Waals surface area (Å²) in [5, 5.41) is 18.6. The van der Waals surface area contributed by atoms with Gasteiger partial charge in [-0.15, -0.1) is 0 Å². The lowest BCUT2D eigenvalue weighted by Crippen LogP contribution is -2.50. The van der Waals surface area contributed by atoms with E-state index in [0.29, 0.717) is 6.61 Å². The van der Waals surface area contributed by atoms with Gasteiger partial charge in [0.25, 0.3) is 0 Å². The molecule has 1 aromatic rings. The summed E-state index contributed by atoms with van der Waals surface area (Å²) < 4.78 is 6.04. The molecule has 4 heteroatoms. The maximum Gasteiger partial charge on any atom is 0.303 e. The van der Waals surface area contributed by atoms with Gasteiger partial charge in [0.2, 0.25) is 0 Å². The molecule has 0 spiro atoms. The number of carbonyl (C=O) groups is 1. The van der Waals surface area contributed by atoms with Crippen LogP contribution >= 0.6 is 0 Å². The van der Waals surface area contributed by atoms with Crippen molar-refractivity contribution in [2.45, 2.75) is 37.7 Å². The zero-order valence-corrected chi connectivity index (χ0v) is 10.8. The van der Waals surface area contributed by atoms with Crippen LogP contribution in [0.25, 0.3) is 0 Å². The van der Waals surface area contributed by atoms with Crippen molar-refractivity contribution in [3.8, 4) is 5.75 Å². The smallest absolute Gasteiger partial charge is 0.303 e. The van der Waals surface area contributed by atoms with Crippen molar-refractivity contribution in [1.82, 2.24) is 0 Å². The topological polar surface area (TPSA) is 66.8 Å². The third-order valence-electron chi connectivity index (χ3n) is 4.67. The molecule has 0 atom stereocenters. The van der Waals surface area contributed by atoms with Crippen molar-refractivity contribution in [2.75, 3.05) is 6.61 Å². The molecule has 4 nitrogen and oxygen atoms in total. The van der Waals surface area contributed by atoms with Crippen LogP contribution in [0.5, 0.6) is 5.75 Å². The van der Waals surface area contributed by atoms with Crippen LogP contribution in [0.3, 0.4) is 0 Å². The Labute approximate surface area is 112 Å². The Bertz CT molecular complexity index is 484. The first-order chi connectivity index (χ1) is 9.04. The van der Waals surface area contributed by atoms with E-state index in [1.807, 2.05) is 12.1 Å². The SMILES string of the molecule is O=C(O)CC12CCC(c3cccc(O)c3)(CC1)OC2. The van der Waals surface area contributed by atoms with Crippen LogP contribution in [0, 0.1) is 5.41 Å². The van der Waals surface area contributed by atoms with Gasteiger partial charge in [-0.3, -0.25) is 4.79 Å². The molecule has 1 aromatic carbocycles. The first-order valence-electron chi connectivity index (χ1n) is 6.69. The second-order valence-corrected chi connectivity index (χ2v) is 5.90. The fourth-order valence-electron chi connectivity index (χ4n) is 3.47. The van der Waals surface area contributed by atoms with E-state index >= 15 is 0 Å². The highest BCUT2D eigenvalue weighted by Crippen LogP contribution is 2.55. The number of phenols is 1. The molecule has 1 saturated carbocycles. The van der Waals surface area contributed by atoms with Crippen molar-refractivity contribution in [3.05, 3.63) is 29.8 Å². The quantitative estimate of drug-likeness (QED) is 0.878. The van der Waals surface area contributed by atoms with Crippen molar-refractivity contribution in [2.24, 2.45) is 5.41 Å². The second kappa shape index (κ2) is 4.23. The molecule has 1 aliphatic carbocycles. The highest BCUT2D eigenvalue weighted by molar-refractivity contribution is 5.67. The Kier molecular flexibility index (Phi) is 2.78. The van der Waals surface area contributed by atoms with Gasteiger partial charge < -0.3 is 14.9 Å². The average molecular weight is 262 g/mol. The Morgan fingerprint density at radius 2 is 2.00 bits per heavy atom. The lowest BCUT2D eigenvalue weighted by atomic mass is 9.63. The summed E-state index contributed by atoms with van der Waals surface area (Å²) in [6, 6.07) is 7.22. The van der Waals surface area contributed by atoms with Gasteiger partial charge in [-0.1, -0.05) is 12.1 Å². The Balaban J connectivity index is 1.83. The summed E-state index contributed by atoms with van der Waals surface area (Å²) in [6.45, 7) is 0.509. The number of aliphatic carboxylic acids is 1. The Morgan fingerprint density at radius 1 is 1.26 bits per heavy atom. The predicted octanol–water partition coefficient (Wildman–Crippen LogP) is 2.65. The second-order valence-electron chi connectivity index (χ2n) is 5.90. The molecule has 4 rings (SSSR count). The molecule has 0 radical (unpaired) electrons. The maximum absolute atomic E-state index is 11.0. The fraction of sp³-hybridized carbons (Fsp3) is 0.533. The fourth-order valence-corrected chi connectivity index (χ4v) is 3.47. The number of hydrogen-bond acceptors (Lipinski definition) is 3. The van der Waals surface area contributed by atoms with Gasteiger partial charge in [-0.2, -0.15) is 0 Å². The van der Waals surface area contributed by atoms with Crippen LogP contribution in [-0.4, -0.2) is 22.8 Å². The van der Waals surface area contributed by atoms with Gasteiger partial charge in [0.1, 0.15) is 5.75 Å². The van der Waals surface area contributed by atoms with Gasteiger partial charge in [-0.25, -0.2) is 0 Å². The number of rotatable bonds is 3. The Morgan fingerprint density at radius 3 is 2.53 bits per heavy atom. The third-order valence-corrected chi connectivity index (χ3v) is 4.67. The van der Waals surface area contributed by atoms with Crippen molar-refractivity contribution >= 4 is 5.97 Å². The number of benzene rings is 1. The summed E-state index contributed by atoms with van der Waals surface area (Å²) >= 11 is 0. The minimum absolute atomic E-state index is 0.176. The molecule has 0 unspecified atom stereocenters. The zero-order valence-electron chi connectivity index (χ0n) is 10.8. The van der Waals surface area contributed by atoms with E-state index in [1.165, 1.54) is 0 Å². The maximum atomic E-state index is 11.0. The van der Waals surface area contributed by atoms with Crippen LogP contribution in [0.2, 0.25) is 0 Å². The molecular weight excluding hydrogens is 244 g/mol. The van der Waals surface area contributed by atoms with Gasteiger partial charge in [-0.05, 0) is 43.4 Å². The Hall–Kier alpha value is -1.55. The molecule has 2 aliphatic heterocycles. The van der Waals surface area contributed by atoms with Crippen LogP contribution in [0.4, 0.5) is 0 Å². The van der Waals surface area contributed by atoms with E-state index in [-0.39, 0.29) is 23.2 Å². The molecule has 2 heterocycles. The molecule has 2 bridgehead atoms. The molecule has 0 amide bonds. The number of ether oxygens (including phenoxy) is 1. The van der Waals surface area contributed by atoms with E-state index in [9.17, 15) is 9.90 Å². The molecule has 102 valence electrons. The highest BCUT2D eigenvalue weighted by atomic mass is 16.5. The first kappa shape index (κ1) is 12.5. The van der Waals surface area contributed by atoms with Crippen molar-refractivity contribution in [3.63, 3.8) is 0 Å². The zero-order chi connectivity index (χ0) is 13.5. The third kappa shape index (κ3) is 2.10. The predicted molar refractivity (Wildman–Crippen MR) is 68.9 cm³/mol. The lowest BCUT2D eigenvalue weighted by molar-refractivity contribution is -0.195. The number of carboxylic acid groups (broad SMARTS) is 1. The van der Waals surface area contributed by atoms with Gasteiger partial charge in [0, 0.05) is 5.41 Å². The van der Waals surface area contributed by atoms with Crippen molar-refractivity contribution in [1.29, 1.82) is 0 Å². The van der Waals surface area contributed by atoms with E-state index in [2.05, 4.69) is 0 Å². The van der Waals surface area contributed by atoms with E-state index < -0.39 is 5.97 Å². The number of fused-ring (bicyclic) bond motifs is 3. The molecule has 3 aliphatic rings. The standard InChI is InChI=1S/C15H18O4/c16-12-3-1-2-11(8-12)15-6-4-14(5-7-15,10-19-15)9-13(17)18/h1-3,8,16H,4-7,9-10H2,(H,17,18). The summed E-state index contributed by atoms with van der Waals surface area (Å²) in [5.41, 5.74) is 0.514. The van der Waals surface area contributed by atoms with Crippen LogP contribution in [-0.2, 0) is 15.1 Å². The van der Waals surface area contributed by atoms with Crippen molar-refractivity contribution < 1.29 is 19.7 Å². The van der Waals surface area contributed by atoms with Crippen LogP contribution in [0.1, 0.15) is 37.7 Å². The minimum Gasteiger partial charge on any atom is -0.508 e. The first-order valence-corrected chi connectivity index (χ1v) is 6.69. The largest absolute Gasteiger partial charge is 0.508 e. The summed E-state index contributed by atoms with van der Waals surface area (Å²) in [4.78, 5) is 11.0. The van der Waals surface area contributed by atoms with Gasteiger partial charge in [0.05, 0.1) is 18.6 Å². The molecular formula is C15H18O4. The number of phenolic OH excluding ortho intramolecular Hbond substituents is 1. The monoisotopic (exact) mass is 262 g/mol. The van der Waals surface area contributed by atoms with Crippen LogP contribution < -0.4 is 0 Å². The summed E-state index contributed by atoms with van der Waals surface area (Å²) in [7, 11) is 0. The van der Waals surface area contributed by atoms with Gasteiger partial charge in [0.15, 0.2) is 0 Å². The van der Waals surface area contributed by atoms with E-state index in [1.54, 1.807) is 12.1 Å². The van der Waals surface area contributed by atoms with E-state index in [4.69, 9.17) is 9.84 Å². The summed E-state index contributed by atoms with van der Waals surface area (Å²) in [5.74, 6) is -0.487. The average Bonchev–Trinajstić information content (AvgIpc) is 2.39. The summed E-state index contributed by atoms with van der Waals surface area (Å²) in [6.07, 6.45) is 3.64. The number of carboxylic acids is 1. The van der Waals surface area contributed by atoms with E-state index in [0.717, 1.165) is 31.2 Å².